The molecule has 0 aliphatic rings. The molecule has 0 aliphatic carbocycles. The highest BCUT2D eigenvalue weighted by atomic mass is 35.5. The summed E-state index contributed by atoms with van der Waals surface area (Å²) in [5, 5.41) is 7.69. The van der Waals surface area contributed by atoms with E-state index in [4.69, 9.17) is 21.9 Å². The van der Waals surface area contributed by atoms with Crippen molar-refractivity contribution in [3.8, 4) is 0 Å². The summed E-state index contributed by atoms with van der Waals surface area (Å²) < 4.78 is 5.10. The minimum atomic E-state index is -0.484. The first-order chi connectivity index (χ1) is 9.49. The van der Waals surface area contributed by atoms with Crippen LogP contribution in [-0.4, -0.2) is 11.1 Å². The van der Waals surface area contributed by atoms with Gasteiger partial charge in [-0.3, -0.25) is 4.79 Å². The van der Waals surface area contributed by atoms with E-state index in [-0.39, 0.29) is 0 Å². The fraction of sp³-hybridized carbons (Fsp3) is 0.286. The highest BCUT2D eigenvalue weighted by Gasteiger charge is 2.09. The standard InChI is InChI=1S/C14H16ClN3O2/c1-8-12(9(2)20-18-8)7-17-6-11-4-3-10(14(16)19)5-13(11)15/h3-5,17H,6-7H2,1-2H3,(H2,16,19). The molecule has 20 heavy (non-hydrogen) atoms. The number of halogens is 1. The molecule has 0 bridgehead atoms. The summed E-state index contributed by atoms with van der Waals surface area (Å²) >= 11 is 6.12. The average Bonchev–Trinajstić information content (AvgIpc) is 2.71. The summed E-state index contributed by atoms with van der Waals surface area (Å²) in [6.07, 6.45) is 0. The van der Waals surface area contributed by atoms with Gasteiger partial charge in [0, 0.05) is 29.2 Å². The van der Waals surface area contributed by atoms with Crippen LogP contribution in [-0.2, 0) is 13.1 Å². The number of aryl methyl sites for hydroxylation is 2. The Balaban J connectivity index is 2.00. The van der Waals surface area contributed by atoms with Gasteiger partial charge in [0.15, 0.2) is 0 Å². The number of nitrogens with one attached hydrogen (secondary N) is 1. The van der Waals surface area contributed by atoms with Crippen LogP contribution >= 0.6 is 11.6 Å². The molecule has 6 heteroatoms. The van der Waals surface area contributed by atoms with E-state index < -0.39 is 5.91 Å². The van der Waals surface area contributed by atoms with Crippen LogP contribution in [0.1, 0.15) is 32.9 Å². The van der Waals surface area contributed by atoms with Gasteiger partial charge in [-0.1, -0.05) is 22.8 Å². The Morgan fingerprint density at radius 1 is 1.40 bits per heavy atom. The van der Waals surface area contributed by atoms with Crippen molar-refractivity contribution in [2.75, 3.05) is 0 Å². The maximum Gasteiger partial charge on any atom is 0.248 e. The third kappa shape index (κ3) is 3.18. The van der Waals surface area contributed by atoms with Crippen molar-refractivity contribution >= 4 is 17.5 Å². The van der Waals surface area contributed by atoms with Gasteiger partial charge in [0.1, 0.15) is 5.76 Å². The maximum atomic E-state index is 11.0. The van der Waals surface area contributed by atoms with Crippen LogP contribution < -0.4 is 11.1 Å². The minimum Gasteiger partial charge on any atom is -0.366 e. The Morgan fingerprint density at radius 2 is 2.15 bits per heavy atom. The van der Waals surface area contributed by atoms with E-state index in [1.165, 1.54) is 0 Å². The molecule has 1 amide bonds. The van der Waals surface area contributed by atoms with E-state index in [9.17, 15) is 4.79 Å². The van der Waals surface area contributed by atoms with Gasteiger partial charge < -0.3 is 15.6 Å². The van der Waals surface area contributed by atoms with E-state index >= 15 is 0 Å². The fourth-order valence-electron chi connectivity index (χ4n) is 1.92. The molecule has 0 spiro atoms. The Bertz CT molecular complexity index is 618. The van der Waals surface area contributed by atoms with Gasteiger partial charge in [0.05, 0.1) is 5.69 Å². The largest absolute Gasteiger partial charge is 0.366 e. The zero-order valence-corrected chi connectivity index (χ0v) is 12.1. The van der Waals surface area contributed by atoms with Crippen molar-refractivity contribution in [3.63, 3.8) is 0 Å². The van der Waals surface area contributed by atoms with E-state index in [0.29, 0.717) is 23.7 Å². The predicted octanol–water partition coefficient (Wildman–Crippen LogP) is 2.33. The number of benzene rings is 1. The molecule has 3 N–H and O–H groups in total. The lowest BCUT2D eigenvalue weighted by Crippen LogP contribution is -2.15. The number of carbonyl (C=O) groups is 1. The zero-order chi connectivity index (χ0) is 14.7. The predicted molar refractivity (Wildman–Crippen MR) is 76.5 cm³/mol. The van der Waals surface area contributed by atoms with E-state index in [1.807, 2.05) is 13.8 Å². The first-order valence-corrected chi connectivity index (χ1v) is 6.57. The van der Waals surface area contributed by atoms with Crippen molar-refractivity contribution in [2.45, 2.75) is 26.9 Å². The summed E-state index contributed by atoms with van der Waals surface area (Å²) in [5.74, 6) is 0.326. The SMILES string of the molecule is Cc1noc(C)c1CNCc1ccc(C(N)=O)cc1Cl. The summed E-state index contributed by atoms with van der Waals surface area (Å²) in [5.41, 5.74) is 8.44. The number of hydrogen-bond acceptors (Lipinski definition) is 4. The van der Waals surface area contributed by atoms with Gasteiger partial charge >= 0.3 is 0 Å². The number of nitrogens with two attached hydrogens (primary N) is 1. The molecule has 0 aliphatic heterocycles. The topological polar surface area (TPSA) is 81.2 Å². The molecule has 1 aromatic carbocycles. The van der Waals surface area contributed by atoms with Crippen LogP contribution in [0.4, 0.5) is 0 Å². The molecule has 0 fully saturated rings. The van der Waals surface area contributed by atoms with Crippen LogP contribution in [0.3, 0.4) is 0 Å². The third-order valence-corrected chi connectivity index (χ3v) is 3.49. The van der Waals surface area contributed by atoms with Crippen molar-refractivity contribution < 1.29 is 9.32 Å². The smallest absolute Gasteiger partial charge is 0.248 e. The van der Waals surface area contributed by atoms with Gasteiger partial charge in [-0.15, -0.1) is 0 Å². The summed E-state index contributed by atoms with van der Waals surface area (Å²) in [7, 11) is 0. The third-order valence-electron chi connectivity index (χ3n) is 3.14. The molecule has 1 heterocycles. The number of hydrogen-bond donors (Lipinski definition) is 2. The van der Waals surface area contributed by atoms with Gasteiger partial charge in [0.25, 0.3) is 0 Å². The first-order valence-electron chi connectivity index (χ1n) is 6.19. The second kappa shape index (κ2) is 6.07. The monoisotopic (exact) mass is 293 g/mol. The molecule has 2 rings (SSSR count). The molecule has 2 aromatic rings. The van der Waals surface area contributed by atoms with Crippen molar-refractivity contribution in [3.05, 3.63) is 51.4 Å². The van der Waals surface area contributed by atoms with E-state index in [1.54, 1.807) is 18.2 Å². The number of amides is 1. The minimum absolute atomic E-state index is 0.407. The first kappa shape index (κ1) is 14.6. The number of carbonyl (C=O) groups excluding carboxylic acids is 1. The molecule has 1 aromatic heterocycles. The van der Waals surface area contributed by atoms with E-state index in [0.717, 1.165) is 22.6 Å². The fourth-order valence-corrected chi connectivity index (χ4v) is 2.17. The summed E-state index contributed by atoms with van der Waals surface area (Å²) in [4.78, 5) is 11.0. The summed E-state index contributed by atoms with van der Waals surface area (Å²) in [6, 6.07) is 5.04. The highest BCUT2D eigenvalue weighted by molar-refractivity contribution is 6.31. The second-order valence-corrected chi connectivity index (χ2v) is 4.98. The quantitative estimate of drug-likeness (QED) is 0.886. The molecule has 0 radical (unpaired) electrons. The zero-order valence-electron chi connectivity index (χ0n) is 11.4. The molecule has 0 saturated heterocycles. The molecule has 5 nitrogen and oxygen atoms in total. The molecule has 0 saturated carbocycles. The van der Waals surface area contributed by atoms with Crippen molar-refractivity contribution in [1.82, 2.24) is 10.5 Å². The number of rotatable bonds is 5. The molecule has 0 atom stereocenters. The Morgan fingerprint density at radius 3 is 2.70 bits per heavy atom. The normalized spacial score (nSPS) is 10.8. The Hall–Kier alpha value is -1.85. The van der Waals surface area contributed by atoms with Crippen molar-refractivity contribution in [1.29, 1.82) is 0 Å². The van der Waals surface area contributed by atoms with Crippen LogP contribution in [0.5, 0.6) is 0 Å². The number of primary amides is 1. The van der Waals surface area contributed by atoms with Crippen LogP contribution in [0.25, 0.3) is 0 Å². The lowest BCUT2D eigenvalue weighted by Gasteiger charge is -2.07. The van der Waals surface area contributed by atoms with Crippen LogP contribution in [0.2, 0.25) is 5.02 Å². The molecular formula is C14H16ClN3O2. The average molecular weight is 294 g/mol. The Kier molecular flexibility index (Phi) is 4.42. The van der Waals surface area contributed by atoms with Crippen LogP contribution in [0, 0.1) is 13.8 Å². The summed E-state index contributed by atoms with van der Waals surface area (Å²) in [6.45, 7) is 5.02. The van der Waals surface area contributed by atoms with Gasteiger partial charge in [0.2, 0.25) is 5.91 Å². The highest BCUT2D eigenvalue weighted by Crippen LogP contribution is 2.18. The molecule has 0 unspecified atom stereocenters. The van der Waals surface area contributed by atoms with Gasteiger partial charge in [-0.05, 0) is 31.5 Å². The molecular weight excluding hydrogens is 278 g/mol. The van der Waals surface area contributed by atoms with Crippen molar-refractivity contribution in [2.24, 2.45) is 5.73 Å². The van der Waals surface area contributed by atoms with E-state index in [2.05, 4.69) is 10.5 Å². The molecule has 106 valence electrons. The van der Waals surface area contributed by atoms with Crippen LogP contribution in [0.15, 0.2) is 22.7 Å². The lowest BCUT2D eigenvalue weighted by molar-refractivity contribution is 0.100. The number of aromatic nitrogens is 1. The maximum absolute atomic E-state index is 11.0. The Labute approximate surface area is 122 Å². The lowest BCUT2D eigenvalue weighted by atomic mass is 10.1. The van der Waals surface area contributed by atoms with Gasteiger partial charge in [-0.25, -0.2) is 0 Å². The number of nitrogens with zero attached hydrogens (tertiary/aromatic N) is 1. The van der Waals surface area contributed by atoms with Gasteiger partial charge in [-0.2, -0.15) is 0 Å². The second-order valence-electron chi connectivity index (χ2n) is 4.58.